The van der Waals surface area contributed by atoms with Gasteiger partial charge in [-0.3, -0.25) is 0 Å². The normalized spacial score (nSPS) is 14.0. The van der Waals surface area contributed by atoms with Crippen molar-refractivity contribution in [2.75, 3.05) is 0 Å². The lowest BCUT2D eigenvalue weighted by molar-refractivity contribution is -0.131. The van der Waals surface area contributed by atoms with Gasteiger partial charge in [0, 0.05) is 6.08 Å². The van der Waals surface area contributed by atoms with Gasteiger partial charge in [0.25, 0.3) is 0 Å². The van der Waals surface area contributed by atoms with E-state index in [2.05, 4.69) is 0 Å². The van der Waals surface area contributed by atoms with Crippen molar-refractivity contribution in [1.29, 1.82) is 0 Å². The first-order chi connectivity index (χ1) is 4.13. The van der Waals surface area contributed by atoms with Crippen molar-refractivity contribution < 1.29 is 15.0 Å². The predicted octanol–water partition coefficient (Wildman–Crippen LogP) is 0.398. The minimum absolute atomic E-state index is 0.395. The molecule has 0 aromatic carbocycles. The molecule has 0 bridgehead atoms. The lowest BCUT2D eigenvalue weighted by Gasteiger charge is -1.93. The van der Waals surface area contributed by atoms with E-state index >= 15 is 0 Å². The van der Waals surface area contributed by atoms with E-state index < -0.39 is 12.1 Å². The molecule has 52 valence electrons. The van der Waals surface area contributed by atoms with Gasteiger partial charge in [-0.25, -0.2) is 4.79 Å². The van der Waals surface area contributed by atoms with Gasteiger partial charge >= 0.3 is 5.97 Å². The van der Waals surface area contributed by atoms with Gasteiger partial charge in [-0.2, -0.15) is 0 Å². The summed E-state index contributed by atoms with van der Waals surface area (Å²) in [5.74, 6) is -0.976. The van der Waals surface area contributed by atoms with Crippen LogP contribution in [0.25, 0.3) is 0 Å². The van der Waals surface area contributed by atoms with E-state index in [4.69, 9.17) is 10.2 Å². The summed E-state index contributed by atoms with van der Waals surface area (Å²) in [5.41, 5.74) is 0. The van der Waals surface area contributed by atoms with Gasteiger partial charge in [-0.15, -0.1) is 0 Å². The van der Waals surface area contributed by atoms with Crippen LogP contribution in [0, 0.1) is 0 Å². The average molecular weight is 130 g/mol. The third-order valence-electron chi connectivity index (χ3n) is 0.738. The zero-order valence-corrected chi connectivity index (χ0v) is 5.24. The number of aliphatic carboxylic acids is 1. The zero-order valence-electron chi connectivity index (χ0n) is 5.24. The summed E-state index contributed by atoms with van der Waals surface area (Å²) >= 11 is 0. The maximum atomic E-state index is 9.81. The Hall–Kier alpha value is -0.830. The fourth-order valence-corrected chi connectivity index (χ4v) is 0.366. The van der Waals surface area contributed by atoms with Crippen LogP contribution in [0.4, 0.5) is 0 Å². The molecule has 2 N–H and O–H groups in total. The average Bonchev–Trinajstić information content (AvgIpc) is 1.63. The van der Waals surface area contributed by atoms with Gasteiger partial charge in [0.15, 0.2) is 0 Å². The Bertz CT molecular complexity index is 115. The fourth-order valence-electron chi connectivity index (χ4n) is 0.366. The molecule has 0 aliphatic rings. The first-order valence-corrected chi connectivity index (χ1v) is 2.70. The minimum Gasteiger partial charge on any atom is -0.478 e. The van der Waals surface area contributed by atoms with E-state index in [0.29, 0.717) is 6.42 Å². The molecular weight excluding hydrogens is 120 g/mol. The topological polar surface area (TPSA) is 57.5 Å². The van der Waals surface area contributed by atoms with Crippen LogP contribution in [-0.2, 0) is 4.79 Å². The molecule has 3 nitrogen and oxygen atoms in total. The van der Waals surface area contributed by atoms with Crippen LogP contribution in [0.1, 0.15) is 13.3 Å². The standard InChI is InChI=1S/C6H10O3/c1-5(7)3-2-4-6(8)9/h2,4-5,7H,3H2,1H3,(H,8,9)/b4-2-. The van der Waals surface area contributed by atoms with Crippen LogP contribution < -0.4 is 0 Å². The second-order valence-corrected chi connectivity index (χ2v) is 1.83. The number of carboxylic acid groups (broad SMARTS) is 1. The number of hydrogen-bond donors (Lipinski definition) is 2. The summed E-state index contributed by atoms with van der Waals surface area (Å²) in [6.07, 6.45) is 2.38. The lowest BCUT2D eigenvalue weighted by atomic mass is 10.3. The smallest absolute Gasteiger partial charge is 0.327 e. The SMILES string of the molecule is CC(O)C/C=C\C(=O)O. The van der Waals surface area contributed by atoms with Gasteiger partial charge in [0.2, 0.25) is 0 Å². The second kappa shape index (κ2) is 4.09. The molecule has 0 aromatic rings. The molecule has 0 saturated heterocycles. The number of carbonyl (C=O) groups is 1. The number of hydrogen-bond acceptors (Lipinski definition) is 2. The summed E-state index contributed by atoms with van der Waals surface area (Å²) in [5, 5.41) is 16.7. The Morgan fingerprint density at radius 1 is 1.78 bits per heavy atom. The zero-order chi connectivity index (χ0) is 7.28. The molecule has 0 saturated carbocycles. The third kappa shape index (κ3) is 7.17. The van der Waals surface area contributed by atoms with Crippen LogP contribution in [0.3, 0.4) is 0 Å². The monoisotopic (exact) mass is 130 g/mol. The molecule has 1 atom stereocenters. The molecule has 0 aliphatic carbocycles. The van der Waals surface area contributed by atoms with Gasteiger partial charge in [-0.1, -0.05) is 6.08 Å². The Labute approximate surface area is 53.6 Å². The number of aliphatic hydroxyl groups is 1. The van der Waals surface area contributed by atoms with Crippen molar-refractivity contribution in [1.82, 2.24) is 0 Å². The minimum atomic E-state index is -0.976. The molecule has 0 heterocycles. The maximum absolute atomic E-state index is 9.81. The number of aliphatic hydroxyl groups excluding tert-OH is 1. The van der Waals surface area contributed by atoms with E-state index in [1.807, 2.05) is 0 Å². The van der Waals surface area contributed by atoms with E-state index in [-0.39, 0.29) is 0 Å². The van der Waals surface area contributed by atoms with Crippen molar-refractivity contribution in [3.8, 4) is 0 Å². The fraction of sp³-hybridized carbons (Fsp3) is 0.500. The first kappa shape index (κ1) is 8.17. The van der Waals surface area contributed by atoms with Gasteiger partial charge in [0.05, 0.1) is 6.10 Å². The quantitative estimate of drug-likeness (QED) is 0.543. The summed E-state index contributed by atoms with van der Waals surface area (Å²) < 4.78 is 0. The van der Waals surface area contributed by atoms with Crippen molar-refractivity contribution in [2.24, 2.45) is 0 Å². The van der Waals surface area contributed by atoms with Gasteiger partial charge in [-0.05, 0) is 13.3 Å². The molecular formula is C6H10O3. The molecule has 0 aliphatic heterocycles. The van der Waals surface area contributed by atoms with Crippen LogP contribution in [0.15, 0.2) is 12.2 Å². The third-order valence-corrected chi connectivity index (χ3v) is 0.738. The van der Waals surface area contributed by atoms with Crippen molar-refractivity contribution in [3.63, 3.8) is 0 Å². The van der Waals surface area contributed by atoms with Crippen molar-refractivity contribution >= 4 is 5.97 Å². The first-order valence-electron chi connectivity index (χ1n) is 2.70. The molecule has 0 rings (SSSR count). The molecule has 0 amide bonds. The number of rotatable bonds is 3. The largest absolute Gasteiger partial charge is 0.478 e. The Morgan fingerprint density at radius 3 is 2.67 bits per heavy atom. The van der Waals surface area contributed by atoms with Crippen LogP contribution >= 0.6 is 0 Å². The maximum Gasteiger partial charge on any atom is 0.327 e. The predicted molar refractivity (Wildman–Crippen MR) is 33.1 cm³/mol. The summed E-state index contributed by atoms with van der Waals surface area (Å²) in [6, 6.07) is 0. The molecule has 0 aromatic heterocycles. The van der Waals surface area contributed by atoms with Gasteiger partial charge in [0.1, 0.15) is 0 Å². The van der Waals surface area contributed by atoms with Crippen LogP contribution in [0.2, 0.25) is 0 Å². The summed E-state index contributed by atoms with van der Waals surface area (Å²) in [7, 11) is 0. The van der Waals surface area contributed by atoms with Gasteiger partial charge < -0.3 is 10.2 Å². The number of carboxylic acids is 1. The highest BCUT2D eigenvalue weighted by atomic mass is 16.4. The lowest BCUT2D eigenvalue weighted by Crippen LogP contribution is -1.96. The Kier molecular flexibility index (Phi) is 3.71. The van der Waals surface area contributed by atoms with E-state index in [1.165, 1.54) is 6.08 Å². The highest BCUT2D eigenvalue weighted by molar-refractivity contribution is 5.79. The summed E-state index contributed by atoms with van der Waals surface area (Å²) in [4.78, 5) is 9.81. The van der Waals surface area contributed by atoms with E-state index in [9.17, 15) is 4.79 Å². The van der Waals surface area contributed by atoms with E-state index in [0.717, 1.165) is 6.08 Å². The van der Waals surface area contributed by atoms with Crippen LogP contribution in [0.5, 0.6) is 0 Å². The molecule has 0 fully saturated rings. The van der Waals surface area contributed by atoms with Crippen molar-refractivity contribution in [3.05, 3.63) is 12.2 Å². The molecule has 3 heteroatoms. The second-order valence-electron chi connectivity index (χ2n) is 1.83. The molecule has 0 radical (unpaired) electrons. The summed E-state index contributed by atoms with van der Waals surface area (Å²) in [6.45, 7) is 1.60. The Balaban J connectivity index is 3.36. The van der Waals surface area contributed by atoms with E-state index in [1.54, 1.807) is 6.92 Å². The van der Waals surface area contributed by atoms with Crippen LogP contribution in [-0.4, -0.2) is 22.3 Å². The Morgan fingerprint density at radius 2 is 2.33 bits per heavy atom. The highest BCUT2D eigenvalue weighted by Gasteiger charge is 1.89. The highest BCUT2D eigenvalue weighted by Crippen LogP contribution is 1.89. The van der Waals surface area contributed by atoms with Crippen molar-refractivity contribution in [2.45, 2.75) is 19.4 Å². The molecule has 9 heavy (non-hydrogen) atoms. The molecule has 0 spiro atoms. The molecule has 1 unspecified atom stereocenters.